The van der Waals surface area contributed by atoms with Crippen LogP contribution in [-0.2, 0) is 4.79 Å². The lowest BCUT2D eigenvalue weighted by Crippen LogP contribution is -2.07. The normalized spacial score (nSPS) is 10.4. The Balaban J connectivity index is 2.63. The quantitative estimate of drug-likeness (QED) is 0.667. The van der Waals surface area contributed by atoms with Crippen molar-refractivity contribution >= 4 is 27.5 Å². The summed E-state index contributed by atoms with van der Waals surface area (Å²) in [6, 6.07) is 7.36. The van der Waals surface area contributed by atoms with Gasteiger partial charge in [-0.2, -0.15) is 0 Å². The molecule has 0 radical (unpaired) electrons. The maximum absolute atomic E-state index is 11.0. The third-order valence-corrected chi connectivity index (χ3v) is 2.16. The average Bonchev–Trinajstić information content (AvgIpc) is 2.26. The number of amides is 1. The molecule has 1 rings (SSSR count). The van der Waals surface area contributed by atoms with E-state index in [2.05, 4.69) is 21.2 Å². The van der Waals surface area contributed by atoms with Gasteiger partial charge in [0.05, 0.1) is 5.69 Å². The van der Waals surface area contributed by atoms with E-state index in [0.29, 0.717) is 18.0 Å². The van der Waals surface area contributed by atoms with Gasteiger partial charge in [-0.3, -0.25) is 4.79 Å². The fourth-order valence-corrected chi connectivity index (χ4v) is 1.42. The highest BCUT2D eigenvalue weighted by atomic mass is 79.9. The van der Waals surface area contributed by atoms with Crippen LogP contribution in [0.25, 0.3) is 0 Å². The molecule has 0 bridgehead atoms. The van der Waals surface area contributed by atoms with E-state index in [9.17, 15) is 4.79 Å². The van der Waals surface area contributed by atoms with E-state index in [1.165, 1.54) is 6.92 Å². The van der Waals surface area contributed by atoms with Crippen LogP contribution in [0.4, 0.5) is 5.69 Å². The highest BCUT2D eigenvalue weighted by Gasteiger charge is 2.02. The molecule has 1 aromatic carbocycles. The van der Waals surface area contributed by atoms with Gasteiger partial charge in [-0.25, -0.2) is 0 Å². The first kappa shape index (κ1) is 12.8. The fraction of sp³-hybridized carbons (Fsp3) is 0.250. The van der Waals surface area contributed by atoms with Gasteiger partial charge < -0.3 is 10.1 Å². The number of carbonyl (C=O) groups is 1. The Morgan fingerprint density at radius 1 is 1.44 bits per heavy atom. The van der Waals surface area contributed by atoms with Crippen molar-refractivity contribution in [1.29, 1.82) is 0 Å². The number of carbonyl (C=O) groups excluding carboxylic acids is 1. The summed E-state index contributed by atoms with van der Waals surface area (Å²) in [6.07, 6.45) is 3.88. The zero-order valence-corrected chi connectivity index (χ0v) is 10.7. The number of anilines is 1. The number of ether oxygens (including phenoxy) is 1. The predicted molar refractivity (Wildman–Crippen MR) is 69.2 cm³/mol. The molecule has 0 fully saturated rings. The summed E-state index contributed by atoms with van der Waals surface area (Å²) in [5.74, 6) is 0.573. The Labute approximate surface area is 104 Å². The van der Waals surface area contributed by atoms with Gasteiger partial charge in [0.25, 0.3) is 0 Å². The topological polar surface area (TPSA) is 38.3 Å². The molecular weight excluding hydrogens is 270 g/mol. The number of hydrogen-bond donors (Lipinski definition) is 1. The van der Waals surface area contributed by atoms with Crippen molar-refractivity contribution in [1.82, 2.24) is 0 Å². The number of alkyl halides is 1. The summed E-state index contributed by atoms with van der Waals surface area (Å²) in [5, 5.41) is 3.53. The van der Waals surface area contributed by atoms with E-state index in [1.54, 1.807) is 0 Å². The molecule has 4 heteroatoms. The van der Waals surface area contributed by atoms with E-state index >= 15 is 0 Å². The molecule has 0 aromatic heterocycles. The minimum atomic E-state index is -0.105. The molecule has 0 heterocycles. The summed E-state index contributed by atoms with van der Waals surface area (Å²) in [7, 11) is 0. The van der Waals surface area contributed by atoms with Crippen LogP contribution in [0.1, 0.15) is 6.92 Å². The second-order valence-electron chi connectivity index (χ2n) is 3.11. The van der Waals surface area contributed by atoms with E-state index < -0.39 is 0 Å². The van der Waals surface area contributed by atoms with Gasteiger partial charge in [-0.1, -0.05) is 40.2 Å². The molecule has 1 aromatic rings. The van der Waals surface area contributed by atoms with Crippen LogP contribution in [0.3, 0.4) is 0 Å². The molecule has 0 atom stereocenters. The maximum Gasteiger partial charge on any atom is 0.221 e. The zero-order chi connectivity index (χ0) is 11.8. The molecular formula is C12H14BrNO2. The van der Waals surface area contributed by atoms with Crippen LogP contribution in [0.15, 0.2) is 36.4 Å². The minimum absolute atomic E-state index is 0.105. The third kappa shape index (κ3) is 4.49. The van der Waals surface area contributed by atoms with Crippen LogP contribution < -0.4 is 10.1 Å². The molecule has 0 spiro atoms. The Hall–Kier alpha value is -1.29. The van der Waals surface area contributed by atoms with Gasteiger partial charge >= 0.3 is 0 Å². The molecule has 0 aliphatic heterocycles. The molecule has 86 valence electrons. The number of rotatable bonds is 5. The standard InChI is InChI=1S/C12H14BrNO2/c1-10(15)14-11-6-2-3-7-12(11)16-9-5-4-8-13/h2-7H,8-9H2,1H3,(H,14,15). The molecule has 1 N–H and O–H groups in total. The number of nitrogens with one attached hydrogen (secondary N) is 1. The van der Waals surface area contributed by atoms with E-state index in [0.717, 1.165) is 5.33 Å². The van der Waals surface area contributed by atoms with Crippen LogP contribution >= 0.6 is 15.9 Å². The van der Waals surface area contributed by atoms with Gasteiger partial charge in [0.15, 0.2) is 0 Å². The van der Waals surface area contributed by atoms with Gasteiger partial charge in [0, 0.05) is 12.3 Å². The molecule has 0 aliphatic rings. The van der Waals surface area contributed by atoms with Crippen molar-refractivity contribution in [3.05, 3.63) is 36.4 Å². The molecule has 0 saturated carbocycles. The van der Waals surface area contributed by atoms with Crippen molar-refractivity contribution in [2.75, 3.05) is 17.3 Å². The molecule has 16 heavy (non-hydrogen) atoms. The average molecular weight is 284 g/mol. The molecule has 0 saturated heterocycles. The Morgan fingerprint density at radius 2 is 2.19 bits per heavy atom. The van der Waals surface area contributed by atoms with E-state index in [4.69, 9.17) is 4.74 Å². The molecule has 3 nitrogen and oxygen atoms in total. The van der Waals surface area contributed by atoms with E-state index in [-0.39, 0.29) is 5.91 Å². The lowest BCUT2D eigenvalue weighted by Gasteiger charge is -2.09. The fourth-order valence-electron chi connectivity index (χ4n) is 1.15. The predicted octanol–water partition coefficient (Wildman–Crippen LogP) is 2.97. The lowest BCUT2D eigenvalue weighted by molar-refractivity contribution is -0.114. The van der Waals surface area contributed by atoms with Gasteiger partial charge in [0.1, 0.15) is 12.4 Å². The number of halogens is 1. The minimum Gasteiger partial charge on any atom is -0.487 e. The largest absolute Gasteiger partial charge is 0.487 e. The summed E-state index contributed by atoms with van der Waals surface area (Å²) in [4.78, 5) is 11.0. The van der Waals surface area contributed by atoms with Crippen LogP contribution in [0, 0.1) is 0 Å². The molecule has 0 unspecified atom stereocenters. The first-order chi connectivity index (χ1) is 7.74. The van der Waals surface area contributed by atoms with Crippen molar-refractivity contribution in [3.8, 4) is 5.75 Å². The van der Waals surface area contributed by atoms with Crippen molar-refractivity contribution < 1.29 is 9.53 Å². The first-order valence-corrected chi connectivity index (χ1v) is 6.06. The monoisotopic (exact) mass is 283 g/mol. The summed E-state index contributed by atoms with van der Waals surface area (Å²) >= 11 is 3.28. The Kier molecular flexibility index (Phi) is 5.64. The summed E-state index contributed by atoms with van der Waals surface area (Å²) < 4.78 is 5.52. The number of allylic oxidation sites excluding steroid dienone is 1. The third-order valence-electron chi connectivity index (χ3n) is 1.79. The van der Waals surface area contributed by atoms with Gasteiger partial charge in [-0.15, -0.1) is 0 Å². The summed E-state index contributed by atoms with van der Waals surface area (Å²) in [6.45, 7) is 1.96. The van der Waals surface area contributed by atoms with Gasteiger partial charge in [0.2, 0.25) is 5.91 Å². The van der Waals surface area contributed by atoms with Crippen molar-refractivity contribution in [2.45, 2.75) is 6.92 Å². The van der Waals surface area contributed by atoms with Crippen LogP contribution in [-0.4, -0.2) is 17.8 Å². The molecule has 1 amide bonds. The Morgan fingerprint density at radius 3 is 2.88 bits per heavy atom. The number of benzene rings is 1. The zero-order valence-electron chi connectivity index (χ0n) is 9.07. The van der Waals surface area contributed by atoms with E-state index in [1.807, 2.05) is 36.4 Å². The SMILES string of the molecule is CC(=O)Nc1ccccc1OCC=CCBr. The molecule has 0 aliphatic carbocycles. The second-order valence-corrected chi connectivity index (χ2v) is 3.76. The smallest absolute Gasteiger partial charge is 0.221 e. The first-order valence-electron chi connectivity index (χ1n) is 4.94. The van der Waals surface area contributed by atoms with Gasteiger partial charge in [-0.05, 0) is 12.1 Å². The number of para-hydroxylation sites is 2. The highest BCUT2D eigenvalue weighted by Crippen LogP contribution is 2.23. The summed E-state index contributed by atoms with van der Waals surface area (Å²) in [5.41, 5.74) is 0.697. The van der Waals surface area contributed by atoms with Crippen LogP contribution in [0.2, 0.25) is 0 Å². The van der Waals surface area contributed by atoms with Crippen molar-refractivity contribution in [2.24, 2.45) is 0 Å². The second kappa shape index (κ2) is 7.06. The lowest BCUT2D eigenvalue weighted by atomic mass is 10.3. The number of hydrogen-bond acceptors (Lipinski definition) is 2. The highest BCUT2D eigenvalue weighted by molar-refractivity contribution is 9.09. The maximum atomic E-state index is 11.0. The van der Waals surface area contributed by atoms with Crippen molar-refractivity contribution in [3.63, 3.8) is 0 Å². The Bertz CT molecular complexity index is 377. The van der Waals surface area contributed by atoms with Crippen LogP contribution in [0.5, 0.6) is 5.75 Å².